The zero-order valence-corrected chi connectivity index (χ0v) is 6.96. The fraction of sp³-hybridized carbons (Fsp3) is 0.714. The summed E-state index contributed by atoms with van der Waals surface area (Å²) >= 11 is 11.0. The summed E-state index contributed by atoms with van der Waals surface area (Å²) in [6, 6.07) is 0. The molecule has 0 rings (SSSR count). The van der Waals surface area contributed by atoms with Crippen molar-refractivity contribution in [3.63, 3.8) is 0 Å². The van der Waals surface area contributed by atoms with Gasteiger partial charge < -0.3 is 0 Å². The summed E-state index contributed by atoms with van der Waals surface area (Å²) < 4.78 is 0. The molecule has 0 aliphatic carbocycles. The van der Waals surface area contributed by atoms with E-state index in [9.17, 15) is 0 Å². The molecular weight excluding hydrogens is 155 g/mol. The number of hydrogen-bond donors (Lipinski definition) is 0. The smallest absolute Gasteiger partial charge is 0.105 e. The van der Waals surface area contributed by atoms with Crippen LogP contribution in [0.1, 0.15) is 25.7 Å². The molecule has 9 heavy (non-hydrogen) atoms. The van der Waals surface area contributed by atoms with E-state index in [1.54, 1.807) is 0 Å². The van der Waals surface area contributed by atoms with Gasteiger partial charge in [0.25, 0.3) is 0 Å². The SMILES string of the molecule is C=CCCCCC(Cl)Cl. The van der Waals surface area contributed by atoms with Gasteiger partial charge in [0.05, 0.1) is 0 Å². The fourth-order valence-corrected chi connectivity index (χ4v) is 0.896. The standard InChI is InChI=1S/C7H12Cl2/c1-2-3-4-5-6-7(8)9/h2,7H,1,3-6H2. The van der Waals surface area contributed by atoms with Crippen LogP contribution in [0.15, 0.2) is 12.7 Å². The van der Waals surface area contributed by atoms with Crippen LogP contribution in [-0.2, 0) is 0 Å². The van der Waals surface area contributed by atoms with E-state index in [-0.39, 0.29) is 4.84 Å². The molecular formula is C7H12Cl2. The van der Waals surface area contributed by atoms with Gasteiger partial charge in [-0.25, -0.2) is 0 Å². The van der Waals surface area contributed by atoms with Crippen LogP contribution < -0.4 is 0 Å². The first-order chi connectivity index (χ1) is 4.27. The van der Waals surface area contributed by atoms with Gasteiger partial charge in [-0.1, -0.05) is 12.5 Å². The van der Waals surface area contributed by atoms with E-state index in [2.05, 4.69) is 6.58 Å². The lowest BCUT2D eigenvalue weighted by Gasteiger charge is -1.97. The number of rotatable bonds is 5. The van der Waals surface area contributed by atoms with Crippen LogP contribution in [0.5, 0.6) is 0 Å². The Labute approximate surface area is 66.8 Å². The van der Waals surface area contributed by atoms with E-state index >= 15 is 0 Å². The third kappa shape index (κ3) is 8.32. The van der Waals surface area contributed by atoms with Gasteiger partial charge in [-0.3, -0.25) is 0 Å². The average molecular weight is 167 g/mol. The molecule has 0 aromatic heterocycles. The molecule has 0 unspecified atom stereocenters. The minimum atomic E-state index is -0.185. The lowest BCUT2D eigenvalue weighted by atomic mass is 10.2. The van der Waals surface area contributed by atoms with Crippen molar-refractivity contribution in [3.8, 4) is 0 Å². The van der Waals surface area contributed by atoms with Gasteiger partial charge in [0, 0.05) is 0 Å². The predicted octanol–water partition coefficient (Wildman–Crippen LogP) is 3.54. The molecule has 54 valence electrons. The van der Waals surface area contributed by atoms with Crippen LogP contribution in [0.2, 0.25) is 0 Å². The molecule has 0 saturated carbocycles. The summed E-state index contributed by atoms with van der Waals surface area (Å²) in [6.45, 7) is 3.61. The van der Waals surface area contributed by atoms with Crippen molar-refractivity contribution in [2.24, 2.45) is 0 Å². The van der Waals surface area contributed by atoms with Gasteiger partial charge in [0.1, 0.15) is 4.84 Å². The number of alkyl halides is 2. The van der Waals surface area contributed by atoms with Gasteiger partial charge in [0.15, 0.2) is 0 Å². The first-order valence-corrected chi connectivity index (χ1v) is 4.03. The zero-order chi connectivity index (χ0) is 7.11. The molecule has 0 aromatic rings. The Kier molecular flexibility index (Phi) is 6.67. The lowest BCUT2D eigenvalue weighted by Crippen LogP contribution is -1.85. The summed E-state index contributed by atoms with van der Waals surface area (Å²) in [7, 11) is 0. The highest BCUT2D eigenvalue weighted by molar-refractivity contribution is 6.44. The first kappa shape index (κ1) is 9.32. The van der Waals surface area contributed by atoms with Crippen molar-refractivity contribution in [2.45, 2.75) is 30.5 Å². The lowest BCUT2D eigenvalue weighted by molar-refractivity contribution is 0.718. The van der Waals surface area contributed by atoms with Crippen molar-refractivity contribution >= 4 is 23.2 Å². The van der Waals surface area contributed by atoms with Crippen molar-refractivity contribution in [3.05, 3.63) is 12.7 Å². The van der Waals surface area contributed by atoms with E-state index in [4.69, 9.17) is 23.2 Å². The minimum absolute atomic E-state index is 0.185. The maximum atomic E-state index is 5.50. The first-order valence-electron chi connectivity index (χ1n) is 3.16. The van der Waals surface area contributed by atoms with Crippen LogP contribution in [0, 0.1) is 0 Å². The van der Waals surface area contributed by atoms with Crippen molar-refractivity contribution in [1.82, 2.24) is 0 Å². The quantitative estimate of drug-likeness (QED) is 0.333. The van der Waals surface area contributed by atoms with Gasteiger partial charge in [-0.2, -0.15) is 0 Å². The van der Waals surface area contributed by atoms with E-state index in [0.717, 1.165) is 25.7 Å². The predicted molar refractivity (Wildman–Crippen MR) is 44.2 cm³/mol. The van der Waals surface area contributed by atoms with E-state index in [1.165, 1.54) is 0 Å². The second-order valence-corrected chi connectivity index (χ2v) is 3.24. The zero-order valence-electron chi connectivity index (χ0n) is 5.45. The van der Waals surface area contributed by atoms with Crippen LogP contribution in [0.4, 0.5) is 0 Å². The molecule has 0 atom stereocenters. The summed E-state index contributed by atoms with van der Waals surface area (Å²) in [5.74, 6) is 0. The maximum absolute atomic E-state index is 5.50. The molecule has 0 aliphatic rings. The number of hydrogen-bond acceptors (Lipinski definition) is 0. The van der Waals surface area contributed by atoms with E-state index < -0.39 is 0 Å². The van der Waals surface area contributed by atoms with E-state index in [0.29, 0.717) is 0 Å². The molecule has 0 aliphatic heterocycles. The average Bonchev–Trinajstić information content (AvgIpc) is 1.80. The molecule has 0 amide bonds. The third-order valence-corrected chi connectivity index (χ3v) is 1.52. The Morgan fingerprint density at radius 3 is 2.44 bits per heavy atom. The van der Waals surface area contributed by atoms with Crippen molar-refractivity contribution in [2.75, 3.05) is 0 Å². The van der Waals surface area contributed by atoms with E-state index in [1.807, 2.05) is 6.08 Å². The Bertz CT molecular complexity index is 69.3. The summed E-state index contributed by atoms with van der Waals surface area (Å²) in [5, 5.41) is 0. The van der Waals surface area contributed by atoms with Gasteiger partial charge in [-0.15, -0.1) is 29.8 Å². The number of allylic oxidation sites excluding steroid dienone is 1. The molecule has 0 saturated heterocycles. The van der Waals surface area contributed by atoms with Crippen LogP contribution in [-0.4, -0.2) is 4.84 Å². The molecule has 0 radical (unpaired) electrons. The van der Waals surface area contributed by atoms with Crippen molar-refractivity contribution < 1.29 is 0 Å². The Hall–Kier alpha value is 0.320. The molecule has 0 N–H and O–H groups in total. The Morgan fingerprint density at radius 2 is 2.00 bits per heavy atom. The number of halogens is 2. The fourth-order valence-electron chi connectivity index (χ4n) is 0.587. The Morgan fingerprint density at radius 1 is 1.33 bits per heavy atom. The van der Waals surface area contributed by atoms with Gasteiger partial charge in [0.2, 0.25) is 0 Å². The summed E-state index contributed by atoms with van der Waals surface area (Å²) in [5.41, 5.74) is 0. The topological polar surface area (TPSA) is 0 Å². The molecule has 0 aromatic carbocycles. The normalized spacial score (nSPS) is 10.1. The second kappa shape index (κ2) is 6.44. The second-order valence-electron chi connectivity index (χ2n) is 1.96. The third-order valence-electron chi connectivity index (χ3n) is 1.08. The molecule has 0 spiro atoms. The molecule has 0 bridgehead atoms. The largest absolute Gasteiger partial charge is 0.107 e. The van der Waals surface area contributed by atoms with Crippen LogP contribution in [0.25, 0.3) is 0 Å². The summed E-state index contributed by atoms with van der Waals surface area (Å²) in [4.78, 5) is -0.185. The highest BCUT2D eigenvalue weighted by Gasteiger charge is 1.95. The van der Waals surface area contributed by atoms with Crippen LogP contribution in [0.3, 0.4) is 0 Å². The number of unbranched alkanes of at least 4 members (excludes halogenated alkanes) is 2. The molecule has 2 heteroatoms. The van der Waals surface area contributed by atoms with Gasteiger partial charge in [-0.05, 0) is 19.3 Å². The van der Waals surface area contributed by atoms with Gasteiger partial charge >= 0.3 is 0 Å². The molecule has 0 nitrogen and oxygen atoms in total. The molecule has 0 heterocycles. The van der Waals surface area contributed by atoms with Crippen LogP contribution >= 0.6 is 23.2 Å². The monoisotopic (exact) mass is 166 g/mol. The highest BCUT2D eigenvalue weighted by atomic mass is 35.5. The highest BCUT2D eigenvalue weighted by Crippen LogP contribution is 2.11. The summed E-state index contributed by atoms with van der Waals surface area (Å²) in [6.07, 6.45) is 6.14. The molecule has 0 fully saturated rings. The van der Waals surface area contributed by atoms with Crippen molar-refractivity contribution in [1.29, 1.82) is 0 Å². The minimum Gasteiger partial charge on any atom is -0.105 e. The Balaban J connectivity index is 2.82. The maximum Gasteiger partial charge on any atom is 0.107 e.